The first-order chi connectivity index (χ1) is 9.11. The molecule has 0 aliphatic carbocycles. The fraction of sp³-hybridized carbons (Fsp3) is 0.429. The summed E-state index contributed by atoms with van der Waals surface area (Å²) in [6.07, 6.45) is 0.492. The Morgan fingerprint density at radius 1 is 1.21 bits per heavy atom. The number of carbonyl (C=O) groups is 2. The molecule has 2 rings (SSSR count). The van der Waals surface area contributed by atoms with Gasteiger partial charge in [0.05, 0.1) is 19.8 Å². The number of methoxy groups -OCH3 is 1. The molecule has 0 saturated carbocycles. The Morgan fingerprint density at radius 2 is 1.79 bits per heavy atom. The zero-order valence-corrected chi connectivity index (χ0v) is 10.8. The van der Waals surface area contributed by atoms with Crippen molar-refractivity contribution in [2.45, 2.75) is 25.4 Å². The van der Waals surface area contributed by atoms with Gasteiger partial charge in [-0.1, -0.05) is 12.1 Å². The summed E-state index contributed by atoms with van der Waals surface area (Å²) in [7, 11) is 1.57. The molecule has 1 atom stereocenters. The maximum Gasteiger partial charge on any atom is 0.229 e. The number of aliphatic hydroxyl groups is 1. The molecule has 0 radical (unpaired) electrons. The number of hydrogen-bond donors (Lipinski definition) is 1. The Bertz CT molecular complexity index is 453. The second-order valence-corrected chi connectivity index (χ2v) is 4.54. The van der Waals surface area contributed by atoms with Crippen molar-refractivity contribution in [3.63, 3.8) is 0 Å². The number of nitrogens with zero attached hydrogens (tertiary/aromatic N) is 1. The van der Waals surface area contributed by atoms with Crippen molar-refractivity contribution in [2.75, 3.05) is 13.7 Å². The van der Waals surface area contributed by atoms with Crippen LogP contribution in [-0.2, 0) is 9.59 Å². The third kappa shape index (κ3) is 3.12. The van der Waals surface area contributed by atoms with E-state index < -0.39 is 6.10 Å². The molecule has 1 aromatic carbocycles. The summed E-state index contributed by atoms with van der Waals surface area (Å²) in [5, 5.41) is 10.1. The van der Waals surface area contributed by atoms with Gasteiger partial charge in [0.1, 0.15) is 5.75 Å². The third-order valence-electron chi connectivity index (χ3n) is 3.24. The van der Waals surface area contributed by atoms with Gasteiger partial charge >= 0.3 is 0 Å². The molecular weight excluding hydrogens is 246 g/mol. The summed E-state index contributed by atoms with van der Waals surface area (Å²) in [6.45, 7) is 0.0179. The standard InChI is InChI=1S/C14H17NO4/c1-19-11-7-5-10(6-8-11)12(16)9-15-13(17)3-2-4-14(15)18/h5-8,12,16H,2-4,9H2,1H3. The van der Waals surface area contributed by atoms with Gasteiger partial charge in [-0.05, 0) is 24.1 Å². The summed E-state index contributed by atoms with van der Waals surface area (Å²) >= 11 is 0. The van der Waals surface area contributed by atoms with Gasteiger partial charge in [-0.15, -0.1) is 0 Å². The lowest BCUT2D eigenvalue weighted by Gasteiger charge is -2.27. The fourth-order valence-electron chi connectivity index (χ4n) is 2.11. The number of amides is 2. The smallest absolute Gasteiger partial charge is 0.229 e. The molecule has 1 aliphatic rings. The molecule has 1 saturated heterocycles. The molecule has 0 bridgehead atoms. The van der Waals surface area contributed by atoms with Crippen molar-refractivity contribution in [1.82, 2.24) is 4.90 Å². The average Bonchev–Trinajstić information content (AvgIpc) is 2.43. The number of likely N-dealkylation sites (tertiary alicyclic amines) is 1. The number of aliphatic hydroxyl groups excluding tert-OH is 1. The molecule has 5 nitrogen and oxygen atoms in total. The van der Waals surface area contributed by atoms with Crippen LogP contribution in [0.25, 0.3) is 0 Å². The van der Waals surface area contributed by atoms with E-state index in [2.05, 4.69) is 0 Å². The first-order valence-corrected chi connectivity index (χ1v) is 6.27. The summed E-state index contributed by atoms with van der Waals surface area (Å²) in [6, 6.07) is 6.92. The molecule has 1 N–H and O–H groups in total. The van der Waals surface area contributed by atoms with Crippen LogP contribution >= 0.6 is 0 Å². The number of carbonyl (C=O) groups excluding carboxylic acids is 2. The van der Waals surface area contributed by atoms with Crippen LogP contribution in [0.3, 0.4) is 0 Å². The lowest BCUT2D eigenvalue weighted by Crippen LogP contribution is -2.42. The minimum absolute atomic E-state index is 0.0179. The summed E-state index contributed by atoms with van der Waals surface area (Å²) in [4.78, 5) is 24.4. The van der Waals surface area contributed by atoms with Gasteiger partial charge in [0, 0.05) is 12.8 Å². The predicted octanol–water partition coefficient (Wildman–Crippen LogP) is 1.27. The average molecular weight is 263 g/mol. The number of β-amino-alcohol motifs (C(OH)–C–C–N with tert-alkyl or cyclic N) is 1. The van der Waals surface area contributed by atoms with Crippen LogP contribution in [0.4, 0.5) is 0 Å². The Kier molecular flexibility index (Phi) is 4.16. The largest absolute Gasteiger partial charge is 0.497 e. The quantitative estimate of drug-likeness (QED) is 0.831. The third-order valence-corrected chi connectivity index (χ3v) is 3.24. The van der Waals surface area contributed by atoms with E-state index in [0.29, 0.717) is 30.6 Å². The van der Waals surface area contributed by atoms with E-state index in [1.807, 2.05) is 0 Å². The maximum absolute atomic E-state index is 11.6. The molecule has 102 valence electrons. The molecule has 5 heteroatoms. The molecule has 1 aromatic rings. The molecular formula is C14H17NO4. The highest BCUT2D eigenvalue weighted by molar-refractivity contribution is 5.97. The van der Waals surface area contributed by atoms with Gasteiger partial charge in [0.25, 0.3) is 0 Å². The van der Waals surface area contributed by atoms with Crippen molar-refractivity contribution in [1.29, 1.82) is 0 Å². The molecule has 1 fully saturated rings. The number of piperidine rings is 1. The van der Waals surface area contributed by atoms with E-state index in [-0.39, 0.29) is 18.4 Å². The Hall–Kier alpha value is -1.88. The van der Waals surface area contributed by atoms with Gasteiger partial charge in [0.15, 0.2) is 0 Å². The number of imide groups is 1. The topological polar surface area (TPSA) is 66.8 Å². The minimum atomic E-state index is -0.864. The van der Waals surface area contributed by atoms with E-state index in [9.17, 15) is 14.7 Å². The van der Waals surface area contributed by atoms with Crippen LogP contribution < -0.4 is 4.74 Å². The van der Waals surface area contributed by atoms with Crippen molar-refractivity contribution in [3.05, 3.63) is 29.8 Å². The van der Waals surface area contributed by atoms with Gasteiger partial charge in [0.2, 0.25) is 11.8 Å². The van der Waals surface area contributed by atoms with Gasteiger partial charge in [-0.3, -0.25) is 14.5 Å². The monoisotopic (exact) mass is 263 g/mol. The molecule has 1 heterocycles. The van der Waals surface area contributed by atoms with Crippen molar-refractivity contribution >= 4 is 11.8 Å². The van der Waals surface area contributed by atoms with Gasteiger partial charge < -0.3 is 9.84 Å². The van der Waals surface area contributed by atoms with Gasteiger partial charge in [-0.25, -0.2) is 0 Å². The highest BCUT2D eigenvalue weighted by Crippen LogP contribution is 2.21. The molecule has 0 spiro atoms. The highest BCUT2D eigenvalue weighted by Gasteiger charge is 2.28. The fourth-order valence-corrected chi connectivity index (χ4v) is 2.11. The lowest BCUT2D eigenvalue weighted by molar-refractivity contribution is -0.149. The normalized spacial score (nSPS) is 17.5. The summed E-state index contributed by atoms with van der Waals surface area (Å²) in [5.41, 5.74) is 0.659. The maximum atomic E-state index is 11.6. The highest BCUT2D eigenvalue weighted by atomic mass is 16.5. The SMILES string of the molecule is COc1ccc(C(O)CN2C(=O)CCCC2=O)cc1. The first-order valence-electron chi connectivity index (χ1n) is 6.27. The molecule has 1 unspecified atom stereocenters. The lowest BCUT2D eigenvalue weighted by atomic mass is 10.1. The van der Waals surface area contributed by atoms with Crippen LogP contribution in [-0.4, -0.2) is 35.5 Å². The predicted molar refractivity (Wildman–Crippen MR) is 68.5 cm³/mol. The van der Waals surface area contributed by atoms with E-state index in [0.717, 1.165) is 4.90 Å². The van der Waals surface area contributed by atoms with E-state index in [1.165, 1.54) is 0 Å². The molecule has 0 aromatic heterocycles. The van der Waals surface area contributed by atoms with Crippen LogP contribution in [0.1, 0.15) is 30.9 Å². The number of hydrogen-bond acceptors (Lipinski definition) is 4. The summed E-state index contributed by atoms with van der Waals surface area (Å²) < 4.78 is 5.03. The Labute approximate surface area is 111 Å². The molecule has 19 heavy (non-hydrogen) atoms. The van der Waals surface area contributed by atoms with Crippen LogP contribution in [0.2, 0.25) is 0 Å². The zero-order valence-electron chi connectivity index (χ0n) is 10.8. The zero-order chi connectivity index (χ0) is 13.8. The second-order valence-electron chi connectivity index (χ2n) is 4.54. The minimum Gasteiger partial charge on any atom is -0.497 e. The van der Waals surface area contributed by atoms with E-state index in [4.69, 9.17) is 4.74 Å². The van der Waals surface area contributed by atoms with Crippen molar-refractivity contribution in [3.8, 4) is 5.75 Å². The van der Waals surface area contributed by atoms with Crippen LogP contribution in [0, 0.1) is 0 Å². The Balaban J connectivity index is 2.04. The first kappa shape index (κ1) is 13.5. The van der Waals surface area contributed by atoms with Crippen LogP contribution in [0.5, 0.6) is 5.75 Å². The second kappa shape index (κ2) is 5.84. The molecule has 1 aliphatic heterocycles. The number of rotatable bonds is 4. The molecule has 2 amide bonds. The number of benzene rings is 1. The van der Waals surface area contributed by atoms with E-state index >= 15 is 0 Å². The van der Waals surface area contributed by atoms with Crippen molar-refractivity contribution in [2.24, 2.45) is 0 Å². The van der Waals surface area contributed by atoms with Crippen molar-refractivity contribution < 1.29 is 19.4 Å². The van der Waals surface area contributed by atoms with E-state index in [1.54, 1.807) is 31.4 Å². The van der Waals surface area contributed by atoms with Crippen LogP contribution in [0.15, 0.2) is 24.3 Å². The number of ether oxygens (including phenoxy) is 1. The Morgan fingerprint density at radius 3 is 2.32 bits per heavy atom. The summed E-state index contributed by atoms with van der Waals surface area (Å²) in [5.74, 6) is 0.286. The van der Waals surface area contributed by atoms with Gasteiger partial charge in [-0.2, -0.15) is 0 Å².